The van der Waals surface area contributed by atoms with Crippen LogP contribution >= 0.6 is 0 Å². The molecule has 0 amide bonds. The van der Waals surface area contributed by atoms with Gasteiger partial charge in [-0.25, -0.2) is 4.98 Å². The highest BCUT2D eigenvalue weighted by molar-refractivity contribution is 5.71. The van der Waals surface area contributed by atoms with E-state index >= 15 is 0 Å². The van der Waals surface area contributed by atoms with Crippen LogP contribution in [-0.4, -0.2) is 28.2 Å². The van der Waals surface area contributed by atoms with Crippen molar-refractivity contribution >= 4 is 0 Å². The predicted molar refractivity (Wildman–Crippen MR) is 123 cm³/mol. The Morgan fingerprint density at radius 1 is 0.941 bits per heavy atom. The normalized spacial score (nSPS) is 22.9. The third-order valence-electron chi connectivity index (χ3n) is 6.64. The molecule has 0 saturated carbocycles. The molecule has 2 aliphatic rings. The summed E-state index contributed by atoms with van der Waals surface area (Å²) in [5.41, 5.74) is 2.60. The van der Waals surface area contributed by atoms with Crippen molar-refractivity contribution in [2.75, 3.05) is 0 Å². The summed E-state index contributed by atoms with van der Waals surface area (Å²) >= 11 is 0. The van der Waals surface area contributed by atoms with Crippen LogP contribution in [0, 0.1) is 6.92 Å². The smallest absolute Gasteiger partial charge is 0.417 e. The van der Waals surface area contributed by atoms with Crippen molar-refractivity contribution in [1.29, 1.82) is 0 Å². The molecular weight excluding hydrogens is 441 g/mol. The van der Waals surface area contributed by atoms with E-state index in [9.17, 15) is 13.2 Å². The highest BCUT2D eigenvalue weighted by atomic mass is 19.4. The summed E-state index contributed by atoms with van der Waals surface area (Å²) in [6.07, 6.45) is 1.05. The molecule has 178 valence electrons. The molecule has 1 aromatic heterocycles. The van der Waals surface area contributed by atoms with Gasteiger partial charge in [0.25, 0.3) is 0 Å². The van der Waals surface area contributed by atoms with Gasteiger partial charge in [0.05, 0.1) is 5.56 Å². The number of hydroxylamine groups is 2. The van der Waals surface area contributed by atoms with E-state index in [1.54, 1.807) is 0 Å². The summed E-state index contributed by atoms with van der Waals surface area (Å²) in [4.78, 5) is 9.89. The second kappa shape index (κ2) is 9.29. The lowest BCUT2D eigenvalue weighted by Gasteiger charge is -2.46. The fourth-order valence-corrected chi connectivity index (χ4v) is 5.01. The summed E-state index contributed by atoms with van der Waals surface area (Å²) in [6, 6.07) is 19.1. The number of alkyl halides is 3. The number of hydrogen-bond donors (Lipinski definition) is 0. The molecule has 2 bridgehead atoms. The van der Waals surface area contributed by atoms with Crippen molar-refractivity contribution < 1.29 is 22.7 Å². The number of ether oxygens (including phenoxy) is 1. The number of nitrogens with zero attached hydrogens (tertiary/aromatic N) is 2. The zero-order chi connectivity index (χ0) is 23.7. The first-order valence-electron chi connectivity index (χ1n) is 11.7. The third-order valence-corrected chi connectivity index (χ3v) is 6.64. The van der Waals surface area contributed by atoms with Crippen LogP contribution in [0.2, 0.25) is 0 Å². The number of fused-ring (bicyclic) bond motifs is 2. The van der Waals surface area contributed by atoms with Gasteiger partial charge in [-0.2, -0.15) is 13.2 Å². The number of pyridine rings is 1. The van der Waals surface area contributed by atoms with Crippen LogP contribution < -0.4 is 9.57 Å². The van der Waals surface area contributed by atoms with Crippen molar-refractivity contribution in [3.63, 3.8) is 0 Å². The Kier molecular flexibility index (Phi) is 6.21. The van der Waals surface area contributed by atoms with Crippen molar-refractivity contribution in [2.24, 2.45) is 0 Å². The Bertz CT molecular complexity index is 1100. The Hall–Kier alpha value is -3.06. The summed E-state index contributed by atoms with van der Waals surface area (Å²) in [5, 5.41) is 1.94. The van der Waals surface area contributed by atoms with Crippen LogP contribution in [0.25, 0.3) is 11.1 Å². The highest BCUT2D eigenvalue weighted by Gasteiger charge is 2.41. The molecule has 34 heavy (non-hydrogen) atoms. The van der Waals surface area contributed by atoms with Crippen LogP contribution in [-0.2, 0) is 6.18 Å². The Morgan fingerprint density at radius 3 is 2.32 bits per heavy atom. The van der Waals surface area contributed by atoms with E-state index in [1.165, 1.54) is 11.6 Å². The van der Waals surface area contributed by atoms with Gasteiger partial charge in [0, 0.05) is 42.8 Å². The van der Waals surface area contributed by atoms with Gasteiger partial charge in [-0.1, -0.05) is 48.4 Å². The van der Waals surface area contributed by atoms with E-state index in [4.69, 9.17) is 9.57 Å². The molecule has 0 radical (unpaired) electrons. The molecule has 0 N–H and O–H groups in total. The van der Waals surface area contributed by atoms with Crippen LogP contribution in [0.4, 0.5) is 13.2 Å². The quantitative estimate of drug-likeness (QED) is 0.411. The molecule has 2 fully saturated rings. The Morgan fingerprint density at radius 2 is 1.68 bits per heavy atom. The second-order valence-electron chi connectivity index (χ2n) is 9.15. The summed E-state index contributed by atoms with van der Waals surface area (Å²) in [6.45, 7) is 2.08. The zero-order valence-corrected chi connectivity index (χ0v) is 19.0. The minimum Gasteiger partial charge on any atom is -0.490 e. The van der Waals surface area contributed by atoms with Crippen molar-refractivity contribution in [2.45, 2.75) is 63.4 Å². The molecule has 2 aromatic carbocycles. The maximum absolute atomic E-state index is 12.8. The summed E-state index contributed by atoms with van der Waals surface area (Å²) < 4.78 is 45.1. The third kappa shape index (κ3) is 4.89. The molecule has 3 aromatic rings. The molecule has 3 heterocycles. The van der Waals surface area contributed by atoms with E-state index in [0.717, 1.165) is 61.2 Å². The van der Waals surface area contributed by atoms with Crippen molar-refractivity contribution in [3.05, 3.63) is 78.0 Å². The monoisotopic (exact) mass is 468 g/mol. The maximum Gasteiger partial charge on any atom is 0.417 e. The molecule has 3 atom stereocenters. The van der Waals surface area contributed by atoms with Crippen LogP contribution in [0.3, 0.4) is 0 Å². The van der Waals surface area contributed by atoms with Gasteiger partial charge in [0.1, 0.15) is 11.9 Å². The lowest BCUT2D eigenvalue weighted by Crippen LogP contribution is -2.55. The van der Waals surface area contributed by atoms with Gasteiger partial charge < -0.3 is 9.57 Å². The average Bonchev–Trinajstić information content (AvgIpc) is 2.81. The minimum atomic E-state index is -4.41. The molecule has 0 spiro atoms. The van der Waals surface area contributed by atoms with E-state index in [-0.39, 0.29) is 24.1 Å². The van der Waals surface area contributed by atoms with Gasteiger partial charge in [-0.3, -0.25) is 0 Å². The van der Waals surface area contributed by atoms with Crippen LogP contribution in [0.15, 0.2) is 66.9 Å². The van der Waals surface area contributed by atoms with E-state index in [2.05, 4.69) is 36.2 Å². The van der Waals surface area contributed by atoms with Crippen molar-refractivity contribution in [1.82, 2.24) is 10.0 Å². The minimum absolute atomic E-state index is 0.0425. The summed E-state index contributed by atoms with van der Waals surface area (Å²) in [5.74, 6) is 1.06. The number of rotatable bonds is 5. The first-order chi connectivity index (χ1) is 16.4. The molecule has 7 heteroatoms. The lowest BCUT2D eigenvalue weighted by molar-refractivity contribution is -0.185. The fraction of sp³-hybridized carbons (Fsp3) is 0.370. The van der Waals surface area contributed by atoms with Gasteiger partial charge in [-0.05, 0) is 43.5 Å². The largest absolute Gasteiger partial charge is 0.490 e. The number of halogens is 3. The topological polar surface area (TPSA) is 34.6 Å². The number of aryl methyl sites for hydroxylation is 1. The number of piperidine rings is 2. The fourth-order valence-electron chi connectivity index (χ4n) is 5.01. The standard InChI is InChI=1S/C27H27F3N2O2/c1-18-10-12-25(24(14-18)19-6-3-2-4-7-19)33-23-15-21-8-5-9-22(16-23)32(21)34-26-13-11-20(17-31-26)27(28,29)30/h2-4,6-7,10-14,17,21-23H,5,8-9,15-16H2,1H3/t21-,22+,23?. The molecule has 1 unspecified atom stereocenters. The average molecular weight is 469 g/mol. The zero-order valence-electron chi connectivity index (χ0n) is 19.0. The van der Waals surface area contributed by atoms with E-state index < -0.39 is 11.7 Å². The summed E-state index contributed by atoms with van der Waals surface area (Å²) in [7, 11) is 0. The Balaban J connectivity index is 1.30. The second-order valence-corrected chi connectivity index (χ2v) is 9.15. The van der Waals surface area contributed by atoms with Gasteiger partial charge in [-0.15, -0.1) is 5.06 Å². The molecule has 0 aliphatic carbocycles. The van der Waals surface area contributed by atoms with Gasteiger partial charge >= 0.3 is 6.18 Å². The maximum atomic E-state index is 12.8. The molecular formula is C27H27F3N2O2. The number of hydrogen-bond acceptors (Lipinski definition) is 4. The van der Waals surface area contributed by atoms with E-state index in [0.29, 0.717) is 0 Å². The molecule has 2 aliphatic heterocycles. The van der Waals surface area contributed by atoms with E-state index in [1.807, 2.05) is 29.3 Å². The predicted octanol–water partition coefficient (Wildman–Crippen LogP) is 6.83. The van der Waals surface area contributed by atoms with Gasteiger partial charge in [0.15, 0.2) is 0 Å². The first-order valence-corrected chi connectivity index (χ1v) is 11.7. The first kappa shape index (κ1) is 22.7. The molecule has 5 rings (SSSR count). The lowest BCUT2D eigenvalue weighted by atomic mass is 9.84. The molecule has 2 saturated heterocycles. The number of aromatic nitrogens is 1. The number of benzene rings is 2. The SMILES string of the molecule is Cc1ccc(OC2C[C@H]3CCC[C@@H](C2)N3Oc2ccc(C(F)(F)F)cn2)c(-c2ccccc2)c1. The highest BCUT2D eigenvalue weighted by Crippen LogP contribution is 2.39. The molecule has 4 nitrogen and oxygen atoms in total. The van der Waals surface area contributed by atoms with Crippen LogP contribution in [0.5, 0.6) is 11.6 Å². The van der Waals surface area contributed by atoms with Gasteiger partial charge in [0.2, 0.25) is 5.88 Å². The van der Waals surface area contributed by atoms with Crippen molar-refractivity contribution in [3.8, 4) is 22.8 Å². The van der Waals surface area contributed by atoms with Crippen LogP contribution in [0.1, 0.15) is 43.2 Å². The Labute approximate surface area is 197 Å².